The standard InChI is InChI=1S/C13H19N3O2/c1-18-12-6-4-10(5-7-12)15-13(17)16-11-3-2-8-14-9-11/h4-7,11,14H,2-3,8-9H2,1H3,(H2,15,16,17)/t11-/m0/s1. The first-order valence-corrected chi connectivity index (χ1v) is 6.20. The molecule has 0 saturated carbocycles. The molecule has 0 bridgehead atoms. The van der Waals surface area contributed by atoms with Crippen molar-refractivity contribution in [2.24, 2.45) is 0 Å². The minimum Gasteiger partial charge on any atom is -0.497 e. The van der Waals surface area contributed by atoms with Crippen LogP contribution in [0.5, 0.6) is 5.75 Å². The lowest BCUT2D eigenvalue weighted by atomic mass is 10.1. The van der Waals surface area contributed by atoms with E-state index in [-0.39, 0.29) is 12.1 Å². The van der Waals surface area contributed by atoms with Gasteiger partial charge < -0.3 is 20.7 Å². The summed E-state index contributed by atoms with van der Waals surface area (Å²) in [5.41, 5.74) is 0.761. The van der Waals surface area contributed by atoms with Gasteiger partial charge in [-0.3, -0.25) is 0 Å². The maximum atomic E-state index is 11.8. The number of hydrogen-bond donors (Lipinski definition) is 3. The highest BCUT2D eigenvalue weighted by molar-refractivity contribution is 5.89. The number of nitrogens with one attached hydrogen (secondary N) is 3. The van der Waals surface area contributed by atoms with Gasteiger partial charge in [0.1, 0.15) is 5.75 Å². The van der Waals surface area contributed by atoms with Crippen LogP contribution in [-0.2, 0) is 0 Å². The Kier molecular flexibility index (Phi) is 4.41. The van der Waals surface area contributed by atoms with Crippen LogP contribution in [0, 0.1) is 0 Å². The van der Waals surface area contributed by atoms with Gasteiger partial charge in [0.2, 0.25) is 0 Å². The maximum absolute atomic E-state index is 11.8. The highest BCUT2D eigenvalue weighted by atomic mass is 16.5. The topological polar surface area (TPSA) is 62.4 Å². The van der Waals surface area contributed by atoms with Crippen LogP contribution in [0.1, 0.15) is 12.8 Å². The van der Waals surface area contributed by atoms with E-state index in [2.05, 4.69) is 16.0 Å². The van der Waals surface area contributed by atoms with E-state index < -0.39 is 0 Å². The Balaban J connectivity index is 1.82. The van der Waals surface area contributed by atoms with Crippen molar-refractivity contribution in [1.82, 2.24) is 10.6 Å². The number of rotatable bonds is 3. The zero-order valence-corrected chi connectivity index (χ0v) is 10.5. The number of ether oxygens (including phenoxy) is 1. The van der Waals surface area contributed by atoms with Gasteiger partial charge in [0, 0.05) is 18.3 Å². The number of benzene rings is 1. The molecule has 1 aliphatic heterocycles. The summed E-state index contributed by atoms with van der Waals surface area (Å²) in [5, 5.41) is 9.02. The van der Waals surface area contributed by atoms with Gasteiger partial charge in [-0.05, 0) is 43.7 Å². The lowest BCUT2D eigenvalue weighted by Gasteiger charge is -2.23. The highest BCUT2D eigenvalue weighted by Gasteiger charge is 2.14. The van der Waals surface area contributed by atoms with Crippen molar-refractivity contribution >= 4 is 11.7 Å². The van der Waals surface area contributed by atoms with Crippen molar-refractivity contribution in [3.05, 3.63) is 24.3 Å². The Morgan fingerprint density at radius 1 is 1.39 bits per heavy atom. The SMILES string of the molecule is COc1ccc(NC(=O)N[C@H]2CCCNC2)cc1. The molecule has 0 unspecified atom stereocenters. The van der Waals surface area contributed by atoms with Crippen LogP contribution < -0.4 is 20.7 Å². The van der Waals surface area contributed by atoms with Crippen LogP contribution in [-0.4, -0.2) is 32.3 Å². The van der Waals surface area contributed by atoms with Gasteiger partial charge in [-0.15, -0.1) is 0 Å². The molecule has 1 fully saturated rings. The van der Waals surface area contributed by atoms with E-state index >= 15 is 0 Å². The molecule has 1 aliphatic rings. The fourth-order valence-electron chi connectivity index (χ4n) is 2.00. The fraction of sp³-hybridized carbons (Fsp3) is 0.462. The van der Waals surface area contributed by atoms with Gasteiger partial charge in [0.15, 0.2) is 0 Å². The zero-order valence-electron chi connectivity index (χ0n) is 10.5. The van der Waals surface area contributed by atoms with Crippen LogP contribution in [0.3, 0.4) is 0 Å². The molecule has 5 heteroatoms. The van der Waals surface area contributed by atoms with Crippen LogP contribution in [0.4, 0.5) is 10.5 Å². The second kappa shape index (κ2) is 6.26. The van der Waals surface area contributed by atoms with Crippen molar-refractivity contribution in [2.45, 2.75) is 18.9 Å². The fourth-order valence-corrected chi connectivity index (χ4v) is 2.00. The Bertz CT molecular complexity index is 386. The Morgan fingerprint density at radius 2 is 2.17 bits per heavy atom. The zero-order chi connectivity index (χ0) is 12.8. The van der Waals surface area contributed by atoms with E-state index in [1.54, 1.807) is 7.11 Å². The Morgan fingerprint density at radius 3 is 2.78 bits per heavy atom. The summed E-state index contributed by atoms with van der Waals surface area (Å²) in [6.45, 7) is 1.88. The van der Waals surface area contributed by atoms with E-state index in [0.29, 0.717) is 0 Å². The molecule has 0 aromatic heterocycles. The molecule has 0 spiro atoms. The van der Waals surface area contributed by atoms with E-state index in [1.807, 2.05) is 24.3 Å². The Hall–Kier alpha value is -1.75. The summed E-state index contributed by atoms with van der Waals surface area (Å²) in [6.07, 6.45) is 2.14. The molecule has 1 heterocycles. The molecular formula is C13H19N3O2. The predicted octanol–water partition coefficient (Wildman–Crippen LogP) is 1.57. The number of carbonyl (C=O) groups is 1. The van der Waals surface area contributed by atoms with E-state index in [0.717, 1.165) is 37.4 Å². The molecule has 2 amide bonds. The third kappa shape index (κ3) is 3.63. The summed E-state index contributed by atoms with van der Waals surface area (Å²) in [7, 11) is 1.62. The van der Waals surface area contributed by atoms with E-state index in [1.165, 1.54) is 0 Å². The average molecular weight is 249 g/mol. The first-order valence-electron chi connectivity index (χ1n) is 6.20. The largest absolute Gasteiger partial charge is 0.497 e. The van der Waals surface area contributed by atoms with Crippen molar-refractivity contribution < 1.29 is 9.53 Å². The van der Waals surface area contributed by atoms with Crippen molar-refractivity contribution in [3.63, 3.8) is 0 Å². The number of methoxy groups -OCH3 is 1. The molecule has 1 aromatic carbocycles. The molecule has 5 nitrogen and oxygen atoms in total. The number of piperidine rings is 1. The predicted molar refractivity (Wildman–Crippen MR) is 71.0 cm³/mol. The quantitative estimate of drug-likeness (QED) is 0.762. The molecule has 2 rings (SSSR count). The third-order valence-corrected chi connectivity index (χ3v) is 2.98. The monoisotopic (exact) mass is 249 g/mol. The summed E-state index contributed by atoms with van der Waals surface area (Å²) in [4.78, 5) is 11.8. The number of amides is 2. The third-order valence-electron chi connectivity index (χ3n) is 2.98. The minimum absolute atomic E-state index is 0.158. The first kappa shape index (κ1) is 12.7. The normalized spacial score (nSPS) is 19.1. The van der Waals surface area contributed by atoms with E-state index in [4.69, 9.17) is 4.74 Å². The summed E-state index contributed by atoms with van der Waals surface area (Å²) >= 11 is 0. The lowest BCUT2D eigenvalue weighted by Crippen LogP contribution is -2.47. The molecule has 1 aromatic rings. The van der Waals surface area contributed by atoms with Crippen LogP contribution in [0.25, 0.3) is 0 Å². The van der Waals surface area contributed by atoms with Crippen molar-refractivity contribution in [3.8, 4) is 5.75 Å². The van der Waals surface area contributed by atoms with Crippen molar-refractivity contribution in [2.75, 3.05) is 25.5 Å². The van der Waals surface area contributed by atoms with Crippen LogP contribution in [0.15, 0.2) is 24.3 Å². The van der Waals surface area contributed by atoms with Gasteiger partial charge in [0.05, 0.1) is 7.11 Å². The first-order chi connectivity index (χ1) is 8.78. The second-order valence-corrected chi connectivity index (χ2v) is 4.37. The summed E-state index contributed by atoms with van der Waals surface area (Å²) in [6, 6.07) is 7.33. The number of urea groups is 1. The van der Waals surface area contributed by atoms with E-state index in [9.17, 15) is 4.79 Å². The molecule has 98 valence electrons. The molecule has 1 saturated heterocycles. The highest BCUT2D eigenvalue weighted by Crippen LogP contribution is 2.14. The van der Waals surface area contributed by atoms with Crippen LogP contribution in [0.2, 0.25) is 0 Å². The maximum Gasteiger partial charge on any atom is 0.319 e. The van der Waals surface area contributed by atoms with Gasteiger partial charge >= 0.3 is 6.03 Å². The number of anilines is 1. The molecule has 0 aliphatic carbocycles. The van der Waals surface area contributed by atoms with Gasteiger partial charge in [-0.25, -0.2) is 4.79 Å². The van der Waals surface area contributed by atoms with Gasteiger partial charge in [-0.2, -0.15) is 0 Å². The number of hydrogen-bond acceptors (Lipinski definition) is 3. The molecule has 1 atom stereocenters. The lowest BCUT2D eigenvalue weighted by molar-refractivity contribution is 0.245. The number of carbonyl (C=O) groups excluding carboxylic acids is 1. The minimum atomic E-state index is -0.158. The van der Waals surface area contributed by atoms with Crippen molar-refractivity contribution in [1.29, 1.82) is 0 Å². The summed E-state index contributed by atoms with van der Waals surface area (Å²) < 4.78 is 5.06. The smallest absolute Gasteiger partial charge is 0.319 e. The average Bonchev–Trinajstić information content (AvgIpc) is 2.40. The molecular weight excluding hydrogens is 230 g/mol. The van der Waals surface area contributed by atoms with Gasteiger partial charge in [-0.1, -0.05) is 0 Å². The molecule has 3 N–H and O–H groups in total. The second-order valence-electron chi connectivity index (χ2n) is 4.37. The molecule has 18 heavy (non-hydrogen) atoms. The van der Waals surface area contributed by atoms with Crippen LogP contribution >= 0.6 is 0 Å². The molecule has 0 radical (unpaired) electrons. The summed E-state index contributed by atoms with van der Waals surface area (Å²) in [5.74, 6) is 0.775. The van der Waals surface area contributed by atoms with Gasteiger partial charge in [0.25, 0.3) is 0 Å². The Labute approximate surface area is 107 Å².